The van der Waals surface area contributed by atoms with E-state index in [2.05, 4.69) is 17.9 Å². The molecular weight excluding hydrogens is 382 g/mol. The van der Waals surface area contributed by atoms with Gasteiger partial charge in [0.15, 0.2) is 5.13 Å². The lowest BCUT2D eigenvalue weighted by atomic mass is 10.1. The first-order valence-corrected chi connectivity index (χ1v) is 11.2. The standard InChI is InChI=1S/C23H27N3O2S/c1-2-3-6-16-28-19-9-7-8-18(17-19)22(27)25-12-14-26(15-13-25)23-24-20-10-4-5-11-21(20)29-23/h4-5,7-11,17H,2-3,6,12-16H2,1H3. The molecule has 0 unspecified atom stereocenters. The Balaban J connectivity index is 1.35. The number of anilines is 1. The Hall–Kier alpha value is -2.60. The molecule has 1 aromatic heterocycles. The van der Waals surface area contributed by atoms with Gasteiger partial charge >= 0.3 is 0 Å². The van der Waals surface area contributed by atoms with Crippen molar-refractivity contribution in [2.45, 2.75) is 26.2 Å². The summed E-state index contributed by atoms with van der Waals surface area (Å²) in [7, 11) is 0. The van der Waals surface area contributed by atoms with Crippen LogP contribution < -0.4 is 9.64 Å². The molecule has 0 aliphatic carbocycles. The van der Waals surface area contributed by atoms with Gasteiger partial charge in [0.2, 0.25) is 0 Å². The first-order valence-electron chi connectivity index (χ1n) is 10.4. The smallest absolute Gasteiger partial charge is 0.254 e. The largest absolute Gasteiger partial charge is 0.494 e. The molecule has 1 fully saturated rings. The van der Waals surface area contributed by atoms with Gasteiger partial charge in [-0.1, -0.05) is 49.3 Å². The zero-order valence-electron chi connectivity index (χ0n) is 16.8. The van der Waals surface area contributed by atoms with Gasteiger partial charge in [-0.05, 0) is 36.8 Å². The summed E-state index contributed by atoms with van der Waals surface area (Å²) in [5, 5.41) is 1.04. The minimum Gasteiger partial charge on any atom is -0.494 e. The van der Waals surface area contributed by atoms with E-state index in [1.165, 1.54) is 11.1 Å². The number of carbonyl (C=O) groups is 1. The van der Waals surface area contributed by atoms with Crippen LogP contribution in [0.5, 0.6) is 5.75 Å². The number of hydrogen-bond acceptors (Lipinski definition) is 5. The lowest BCUT2D eigenvalue weighted by Crippen LogP contribution is -2.48. The van der Waals surface area contributed by atoms with Crippen LogP contribution in [0.4, 0.5) is 5.13 Å². The van der Waals surface area contributed by atoms with Crippen molar-refractivity contribution in [2.75, 3.05) is 37.7 Å². The monoisotopic (exact) mass is 409 g/mol. The van der Waals surface area contributed by atoms with Crippen LogP contribution in [0.15, 0.2) is 48.5 Å². The van der Waals surface area contributed by atoms with Crippen LogP contribution in [0.2, 0.25) is 0 Å². The van der Waals surface area contributed by atoms with Gasteiger partial charge in [0.05, 0.1) is 16.8 Å². The summed E-state index contributed by atoms with van der Waals surface area (Å²) >= 11 is 1.72. The summed E-state index contributed by atoms with van der Waals surface area (Å²) < 4.78 is 7.01. The number of piperazine rings is 1. The first-order chi connectivity index (χ1) is 14.2. The molecule has 0 saturated carbocycles. The van der Waals surface area contributed by atoms with Gasteiger partial charge in [0, 0.05) is 31.7 Å². The van der Waals surface area contributed by atoms with Crippen molar-refractivity contribution in [3.8, 4) is 5.75 Å². The van der Waals surface area contributed by atoms with Gasteiger partial charge in [-0.2, -0.15) is 0 Å². The molecule has 1 aliphatic heterocycles. The molecule has 0 atom stereocenters. The lowest BCUT2D eigenvalue weighted by Gasteiger charge is -2.34. The summed E-state index contributed by atoms with van der Waals surface area (Å²) in [4.78, 5) is 21.9. The number of rotatable bonds is 7. The average molecular weight is 410 g/mol. The molecular formula is C23H27N3O2S. The number of amides is 1. The van der Waals surface area contributed by atoms with Crippen LogP contribution in [0.1, 0.15) is 36.5 Å². The lowest BCUT2D eigenvalue weighted by molar-refractivity contribution is 0.0746. The molecule has 5 nitrogen and oxygen atoms in total. The minimum absolute atomic E-state index is 0.0768. The van der Waals surface area contributed by atoms with Crippen LogP contribution in [0.3, 0.4) is 0 Å². The maximum Gasteiger partial charge on any atom is 0.254 e. The zero-order chi connectivity index (χ0) is 20.1. The number of ether oxygens (including phenoxy) is 1. The Kier molecular flexibility index (Phi) is 6.30. The number of aromatic nitrogens is 1. The van der Waals surface area contributed by atoms with Crippen LogP contribution in [0.25, 0.3) is 10.2 Å². The van der Waals surface area contributed by atoms with Crippen LogP contribution in [0, 0.1) is 0 Å². The molecule has 1 aliphatic rings. The molecule has 2 heterocycles. The highest BCUT2D eigenvalue weighted by molar-refractivity contribution is 7.22. The molecule has 29 heavy (non-hydrogen) atoms. The van der Waals surface area contributed by atoms with E-state index in [0.29, 0.717) is 25.3 Å². The van der Waals surface area contributed by atoms with Crippen LogP contribution >= 0.6 is 11.3 Å². The van der Waals surface area contributed by atoms with Crippen molar-refractivity contribution in [3.05, 3.63) is 54.1 Å². The third kappa shape index (κ3) is 4.70. The fraction of sp³-hybridized carbons (Fsp3) is 0.391. The molecule has 2 aromatic carbocycles. The highest BCUT2D eigenvalue weighted by atomic mass is 32.1. The van der Waals surface area contributed by atoms with Crippen molar-refractivity contribution >= 4 is 32.6 Å². The van der Waals surface area contributed by atoms with Gasteiger partial charge in [0.1, 0.15) is 5.75 Å². The predicted octanol–water partition coefficient (Wildman–Crippen LogP) is 4.83. The van der Waals surface area contributed by atoms with E-state index >= 15 is 0 Å². The molecule has 152 valence electrons. The summed E-state index contributed by atoms with van der Waals surface area (Å²) in [5.41, 5.74) is 1.74. The van der Waals surface area contributed by atoms with E-state index in [1.54, 1.807) is 11.3 Å². The maximum atomic E-state index is 13.0. The van der Waals surface area contributed by atoms with Crippen molar-refractivity contribution in [3.63, 3.8) is 0 Å². The number of thiazole rings is 1. The van der Waals surface area contributed by atoms with Gasteiger partial charge in [-0.3, -0.25) is 4.79 Å². The molecule has 0 spiro atoms. The first kappa shape index (κ1) is 19.7. The molecule has 0 bridgehead atoms. The SMILES string of the molecule is CCCCCOc1cccc(C(=O)N2CCN(c3nc4ccccc4s3)CC2)c1. The number of carbonyl (C=O) groups excluding carboxylic acids is 1. The van der Waals surface area contributed by atoms with Gasteiger partial charge in [-0.25, -0.2) is 4.98 Å². The zero-order valence-corrected chi connectivity index (χ0v) is 17.7. The molecule has 0 radical (unpaired) electrons. The Morgan fingerprint density at radius 3 is 2.69 bits per heavy atom. The van der Waals surface area contributed by atoms with Crippen LogP contribution in [-0.2, 0) is 0 Å². The average Bonchev–Trinajstić information content (AvgIpc) is 3.21. The highest BCUT2D eigenvalue weighted by Crippen LogP contribution is 2.29. The van der Waals surface area contributed by atoms with Crippen molar-refractivity contribution in [1.29, 1.82) is 0 Å². The normalized spacial score (nSPS) is 14.4. The number of nitrogens with zero attached hydrogens (tertiary/aromatic N) is 3. The van der Waals surface area contributed by atoms with E-state index < -0.39 is 0 Å². The van der Waals surface area contributed by atoms with E-state index in [-0.39, 0.29) is 5.91 Å². The summed E-state index contributed by atoms with van der Waals surface area (Å²) in [6.45, 7) is 5.90. The topological polar surface area (TPSA) is 45.7 Å². The van der Waals surface area contributed by atoms with Gasteiger partial charge < -0.3 is 14.5 Å². The predicted molar refractivity (Wildman–Crippen MR) is 119 cm³/mol. The highest BCUT2D eigenvalue weighted by Gasteiger charge is 2.24. The number of para-hydroxylation sites is 1. The second-order valence-electron chi connectivity index (χ2n) is 7.33. The molecule has 1 saturated heterocycles. The summed E-state index contributed by atoms with van der Waals surface area (Å²) in [5.74, 6) is 0.855. The Morgan fingerprint density at radius 2 is 1.90 bits per heavy atom. The Morgan fingerprint density at radius 1 is 1.07 bits per heavy atom. The second kappa shape index (κ2) is 9.27. The van der Waals surface area contributed by atoms with Crippen molar-refractivity contribution < 1.29 is 9.53 Å². The number of unbranched alkanes of at least 4 members (excludes halogenated alkanes) is 2. The molecule has 6 heteroatoms. The van der Waals surface area contributed by atoms with E-state index in [1.807, 2.05) is 47.4 Å². The molecule has 3 aromatic rings. The van der Waals surface area contributed by atoms with Crippen molar-refractivity contribution in [2.24, 2.45) is 0 Å². The van der Waals surface area contributed by atoms with E-state index in [9.17, 15) is 4.79 Å². The van der Waals surface area contributed by atoms with E-state index in [4.69, 9.17) is 9.72 Å². The molecule has 1 amide bonds. The van der Waals surface area contributed by atoms with Crippen molar-refractivity contribution in [1.82, 2.24) is 9.88 Å². The second-order valence-corrected chi connectivity index (χ2v) is 8.34. The maximum absolute atomic E-state index is 13.0. The van der Waals surface area contributed by atoms with Crippen LogP contribution in [-0.4, -0.2) is 48.6 Å². The Bertz CT molecular complexity index is 930. The number of hydrogen-bond donors (Lipinski definition) is 0. The summed E-state index contributed by atoms with van der Waals surface area (Å²) in [6.07, 6.45) is 3.38. The fourth-order valence-corrected chi connectivity index (χ4v) is 4.56. The minimum atomic E-state index is 0.0768. The Labute approximate surface area is 175 Å². The summed E-state index contributed by atoms with van der Waals surface area (Å²) in [6, 6.07) is 15.8. The number of benzene rings is 2. The fourth-order valence-electron chi connectivity index (χ4n) is 3.54. The van der Waals surface area contributed by atoms with Gasteiger partial charge in [-0.15, -0.1) is 0 Å². The third-order valence-corrected chi connectivity index (χ3v) is 6.31. The molecule has 4 rings (SSSR count). The third-order valence-electron chi connectivity index (χ3n) is 5.22. The van der Waals surface area contributed by atoms with Gasteiger partial charge in [0.25, 0.3) is 5.91 Å². The molecule has 0 N–H and O–H groups in total. The number of fused-ring (bicyclic) bond motifs is 1. The van der Waals surface area contributed by atoms with E-state index in [0.717, 1.165) is 42.3 Å². The quantitative estimate of drug-likeness (QED) is 0.525.